The number of carbonyl (C=O) groups is 1. The number of ketones is 1. The minimum atomic E-state index is -0.471. The van der Waals surface area contributed by atoms with Crippen LogP contribution in [0.3, 0.4) is 0 Å². The molecule has 0 aromatic carbocycles. The molecule has 0 aliphatic rings. The van der Waals surface area contributed by atoms with Crippen molar-refractivity contribution in [3.8, 4) is 0 Å². The van der Waals surface area contributed by atoms with Gasteiger partial charge in [0.15, 0.2) is 0 Å². The normalized spacial score (nSPS) is 16.3. The maximum absolute atomic E-state index is 12.8. The van der Waals surface area contributed by atoms with Gasteiger partial charge in [0.05, 0.1) is 6.67 Å². The molecule has 78 valence electrons. The van der Waals surface area contributed by atoms with Crippen LogP contribution < -0.4 is 0 Å². The zero-order valence-electron chi connectivity index (χ0n) is 9.36. The number of rotatable bonds is 5. The average molecular weight is 188 g/mol. The lowest BCUT2D eigenvalue weighted by Crippen LogP contribution is -2.30. The Labute approximate surface area is 80.7 Å². The van der Waals surface area contributed by atoms with Crippen LogP contribution in [0.1, 0.15) is 41.0 Å². The number of halogens is 1. The molecule has 0 aliphatic heterocycles. The van der Waals surface area contributed by atoms with E-state index in [2.05, 4.69) is 0 Å². The van der Waals surface area contributed by atoms with Crippen molar-refractivity contribution >= 4 is 5.78 Å². The first-order valence-corrected chi connectivity index (χ1v) is 4.92. The smallest absolute Gasteiger partial charge is 0.136 e. The average Bonchev–Trinajstić information content (AvgIpc) is 2.03. The van der Waals surface area contributed by atoms with Crippen molar-refractivity contribution in [1.29, 1.82) is 0 Å². The summed E-state index contributed by atoms with van der Waals surface area (Å²) in [5.74, 6) is 0.388. The number of Topliss-reactive ketones (excluding diaryl/α,β-unsaturated/α-hetero) is 1. The highest BCUT2D eigenvalue weighted by Crippen LogP contribution is 2.32. The number of alkyl halides is 1. The predicted octanol–water partition coefficient (Wildman–Crippen LogP) is 3.23. The van der Waals surface area contributed by atoms with Crippen molar-refractivity contribution in [2.75, 3.05) is 6.67 Å². The molecule has 0 radical (unpaired) electrons. The van der Waals surface area contributed by atoms with Crippen LogP contribution in [0.4, 0.5) is 4.39 Å². The molecular weight excluding hydrogens is 167 g/mol. The van der Waals surface area contributed by atoms with E-state index in [4.69, 9.17) is 0 Å². The van der Waals surface area contributed by atoms with E-state index in [1.165, 1.54) is 0 Å². The van der Waals surface area contributed by atoms with Gasteiger partial charge in [-0.05, 0) is 5.92 Å². The highest BCUT2D eigenvalue weighted by atomic mass is 19.1. The van der Waals surface area contributed by atoms with Crippen molar-refractivity contribution in [1.82, 2.24) is 0 Å². The van der Waals surface area contributed by atoms with Gasteiger partial charge in [-0.2, -0.15) is 0 Å². The van der Waals surface area contributed by atoms with Gasteiger partial charge < -0.3 is 0 Å². The largest absolute Gasteiger partial charge is 0.299 e. The Balaban J connectivity index is 4.36. The molecule has 0 N–H and O–H groups in total. The predicted molar refractivity (Wildman–Crippen MR) is 53.4 cm³/mol. The first-order chi connectivity index (χ1) is 5.83. The first-order valence-electron chi connectivity index (χ1n) is 4.92. The molecular formula is C11H21FO. The van der Waals surface area contributed by atoms with Crippen molar-refractivity contribution in [2.45, 2.75) is 41.0 Å². The van der Waals surface area contributed by atoms with Gasteiger partial charge >= 0.3 is 0 Å². The zero-order chi connectivity index (χ0) is 10.6. The molecule has 2 heteroatoms. The SMILES string of the molecule is CC(C)C(=O)C[C@](C)(CF)C(C)C. The lowest BCUT2D eigenvalue weighted by molar-refractivity contribution is -0.125. The van der Waals surface area contributed by atoms with Crippen LogP contribution in [-0.2, 0) is 4.79 Å². The molecule has 1 nitrogen and oxygen atoms in total. The van der Waals surface area contributed by atoms with E-state index < -0.39 is 12.1 Å². The summed E-state index contributed by atoms with van der Waals surface area (Å²) in [6.45, 7) is 9.09. The van der Waals surface area contributed by atoms with E-state index in [9.17, 15) is 9.18 Å². The van der Waals surface area contributed by atoms with Gasteiger partial charge in [-0.15, -0.1) is 0 Å². The van der Waals surface area contributed by atoms with E-state index >= 15 is 0 Å². The lowest BCUT2D eigenvalue weighted by atomic mass is 9.75. The standard InChI is InChI=1S/C11H21FO/c1-8(2)10(13)6-11(5,7-12)9(3)4/h8-9H,6-7H2,1-5H3/t11-/m1/s1. The fourth-order valence-electron chi connectivity index (χ4n) is 1.01. The van der Waals surface area contributed by atoms with Crippen molar-refractivity contribution in [2.24, 2.45) is 17.3 Å². The Morgan fingerprint density at radius 3 is 2.00 bits per heavy atom. The molecule has 0 saturated carbocycles. The van der Waals surface area contributed by atoms with Gasteiger partial charge in [0, 0.05) is 17.8 Å². The van der Waals surface area contributed by atoms with E-state index in [0.29, 0.717) is 6.42 Å². The second-order valence-electron chi connectivity index (χ2n) is 4.74. The van der Waals surface area contributed by atoms with Crippen LogP contribution in [0.15, 0.2) is 0 Å². The van der Waals surface area contributed by atoms with E-state index in [1.807, 2.05) is 34.6 Å². The summed E-state index contributed by atoms with van der Waals surface area (Å²) in [5.41, 5.74) is -0.471. The minimum absolute atomic E-state index is 0.0182. The Kier molecular flexibility index (Phi) is 4.58. The molecule has 0 fully saturated rings. The second-order valence-corrected chi connectivity index (χ2v) is 4.74. The van der Waals surface area contributed by atoms with Gasteiger partial charge in [-0.25, -0.2) is 0 Å². The highest BCUT2D eigenvalue weighted by molar-refractivity contribution is 5.80. The van der Waals surface area contributed by atoms with E-state index in [0.717, 1.165) is 0 Å². The number of hydrogen-bond acceptors (Lipinski definition) is 1. The number of hydrogen-bond donors (Lipinski definition) is 0. The van der Waals surface area contributed by atoms with Crippen molar-refractivity contribution in [3.05, 3.63) is 0 Å². The Bertz CT molecular complexity index is 175. The summed E-state index contributed by atoms with van der Waals surface area (Å²) in [6.07, 6.45) is 0.360. The summed E-state index contributed by atoms with van der Waals surface area (Å²) in [4.78, 5) is 11.5. The third-order valence-electron chi connectivity index (χ3n) is 2.92. The Morgan fingerprint density at radius 1 is 1.31 bits per heavy atom. The highest BCUT2D eigenvalue weighted by Gasteiger charge is 2.31. The van der Waals surface area contributed by atoms with Crippen LogP contribution >= 0.6 is 0 Å². The van der Waals surface area contributed by atoms with Gasteiger partial charge in [0.25, 0.3) is 0 Å². The van der Waals surface area contributed by atoms with E-state index in [-0.39, 0.29) is 17.6 Å². The van der Waals surface area contributed by atoms with Gasteiger partial charge in [0.2, 0.25) is 0 Å². The molecule has 0 unspecified atom stereocenters. The Morgan fingerprint density at radius 2 is 1.77 bits per heavy atom. The fraction of sp³-hybridized carbons (Fsp3) is 0.909. The molecule has 0 heterocycles. The first kappa shape index (κ1) is 12.6. The summed E-state index contributed by atoms with van der Waals surface area (Å²) >= 11 is 0. The van der Waals surface area contributed by atoms with Crippen LogP contribution in [0, 0.1) is 17.3 Å². The summed E-state index contributed by atoms with van der Waals surface area (Å²) in [5, 5.41) is 0. The van der Waals surface area contributed by atoms with Crippen molar-refractivity contribution < 1.29 is 9.18 Å². The van der Waals surface area contributed by atoms with Gasteiger partial charge in [-0.1, -0.05) is 34.6 Å². The quantitative estimate of drug-likeness (QED) is 0.647. The minimum Gasteiger partial charge on any atom is -0.299 e. The van der Waals surface area contributed by atoms with Gasteiger partial charge in [0.1, 0.15) is 5.78 Å². The summed E-state index contributed by atoms with van der Waals surface area (Å²) < 4.78 is 12.8. The van der Waals surface area contributed by atoms with Gasteiger partial charge in [-0.3, -0.25) is 9.18 Å². The molecule has 13 heavy (non-hydrogen) atoms. The molecule has 0 aliphatic carbocycles. The third kappa shape index (κ3) is 3.45. The van der Waals surface area contributed by atoms with E-state index in [1.54, 1.807) is 0 Å². The van der Waals surface area contributed by atoms with Crippen LogP contribution in [0.5, 0.6) is 0 Å². The van der Waals surface area contributed by atoms with Crippen LogP contribution in [0.25, 0.3) is 0 Å². The Hall–Kier alpha value is -0.400. The molecule has 0 rings (SSSR count). The summed E-state index contributed by atoms with van der Waals surface area (Å²) in [7, 11) is 0. The molecule has 0 aromatic rings. The summed E-state index contributed by atoms with van der Waals surface area (Å²) in [6, 6.07) is 0. The molecule has 0 spiro atoms. The number of carbonyl (C=O) groups excluding carboxylic acids is 1. The van der Waals surface area contributed by atoms with Crippen molar-refractivity contribution in [3.63, 3.8) is 0 Å². The third-order valence-corrected chi connectivity index (χ3v) is 2.92. The second kappa shape index (κ2) is 4.73. The fourth-order valence-corrected chi connectivity index (χ4v) is 1.01. The van der Waals surface area contributed by atoms with Crippen LogP contribution in [0.2, 0.25) is 0 Å². The molecule has 0 amide bonds. The molecule has 0 bridgehead atoms. The molecule has 0 saturated heterocycles. The zero-order valence-corrected chi connectivity index (χ0v) is 9.36. The maximum atomic E-state index is 12.8. The molecule has 1 atom stereocenters. The topological polar surface area (TPSA) is 17.1 Å². The van der Waals surface area contributed by atoms with Crippen LogP contribution in [-0.4, -0.2) is 12.5 Å². The molecule has 0 aromatic heterocycles. The maximum Gasteiger partial charge on any atom is 0.136 e. The monoisotopic (exact) mass is 188 g/mol. The lowest BCUT2D eigenvalue weighted by Gasteiger charge is -2.30.